The fraction of sp³-hybridized carbons (Fsp3) is 0.200. The van der Waals surface area contributed by atoms with Gasteiger partial charge in [0.05, 0.1) is 41.1 Å². The molecule has 1 N–H and O–H groups in total. The summed E-state index contributed by atoms with van der Waals surface area (Å²) in [5, 5.41) is 14.3. The molecule has 0 aliphatic rings. The quantitative estimate of drug-likeness (QED) is 0.452. The van der Waals surface area contributed by atoms with Crippen molar-refractivity contribution in [2.75, 3.05) is 11.8 Å². The number of hydrogen-bond donors (Lipinski definition) is 1. The molecule has 2 aromatic carbocycles. The number of anilines is 1. The number of benzene rings is 2. The molecule has 0 saturated carbocycles. The molecule has 3 rings (SSSR count). The van der Waals surface area contributed by atoms with E-state index in [1.165, 1.54) is 13.2 Å². The van der Waals surface area contributed by atoms with Crippen molar-refractivity contribution in [3.8, 4) is 11.8 Å². The number of sulfonamides is 1. The van der Waals surface area contributed by atoms with Gasteiger partial charge in [0, 0.05) is 0 Å². The first-order valence-corrected chi connectivity index (χ1v) is 11.3. The van der Waals surface area contributed by atoms with Crippen LogP contribution in [-0.4, -0.2) is 25.3 Å². The Hall–Kier alpha value is -3.83. The van der Waals surface area contributed by atoms with Crippen LogP contribution >= 0.6 is 0 Å². The van der Waals surface area contributed by atoms with Crippen LogP contribution in [0.4, 0.5) is 5.82 Å². The van der Waals surface area contributed by atoms with Crippen molar-refractivity contribution in [2.45, 2.75) is 27.8 Å². The van der Waals surface area contributed by atoms with Crippen LogP contribution in [0.2, 0.25) is 0 Å². The maximum atomic E-state index is 13.1. The summed E-state index contributed by atoms with van der Waals surface area (Å²) in [6.07, 6.45) is 4.64. The summed E-state index contributed by atoms with van der Waals surface area (Å²) in [6, 6.07) is 14.7. The highest BCUT2D eigenvalue weighted by atomic mass is 32.2. The topological polar surface area (TPSA) is 97.0 Å². The minimum atomic E-state index is -3.90. The predicted octanol–water partition coefficient (Wildman–Crippen LogP) is 5.38. The lowest BCUT2D eigenvalue weighted by molar-refractivity contribution is 0.420. The van der Waals surface area contributed by atoms with Gasteiger partial charge in [-0.1, -0.05) is 49.9 Å². The Morgan fingerprint density at radius 3 is 2.67 bits per heavy atom. The van der Waals surface area contributed by atoms with Crippen molar-refractivity contribution in [3.63, 3.8) is 0 Å². The second-order valence-corrected chi connectivity index (χ2v) is 8.74. The molecule has 0 saturated heterocycles. The van der Waals surface area contributed by atoms with E-state index in [-0.39, 0.29) is 18.1 Å². The van der Waals surface area contributed by atoms with Crippen LogP contribution in [0.3, 0.4) is 0 Å². The van der Waals surface area contributed by atoms with E-state index < -0.39 is 10.0 Å². The molecule has 8 heteroatoms. The van der Waals surface area contributed by atoms with Gasteiger partial charge >= 0.3 is 0 Å². The van der Waals surface area contributed by atoms with Crippen LogP contribution in [0, 0.1) is 11.3 Å². The average Bonchev–Trinajstić information content (AvgIpc) is 3.13. The normalized spacial score (nSPS) is 12.1. The first-order valence-electron chi connectivity index (χ1n) is 9.85. The van der Waals surface area contributed by atoms with Crippen LogP contribution < -0.4 is 9.46 Å². The van der Waals surface area contributed by atoms with E-state index in [4.69, 9.17) is 4.74 Å². The lowest BCUT2D eigenvalue weighted by atomic mass is 10.1. The number of ether oxygens (including phenoxy) is 1. The maximum Gasteiger partial charge on any atom is 0.262 e. The third kappa shape index (κ3) is 5.51. The number of nitrogens with zero attached hydrogens (tertiary/aromatic N) is 3. The minimum Gasteiger partial charge on any atom is -0.496 e. The van der Waals surface area contributed by atoms with E-state index in [1.54, 1.807) is 54.9 Å². The molecule has 0 bridgehead atoms. The van der Waals surface area contributed by atoms with E-state index in [2.05, 4.69) is 22.5 Å². The van der Waals surface area contributed by atoms with Gasteiger partial charge < -0.3 is 4.74 Å². The summed E-state index contributed by atoms with van der Waals surface area (Å²) < 4.78 is 36.0. The molecular weight excluding hydrogens is 436 g/mol. The smallest absolute Gasteiger partial charge is 0.262 e. The Kier molecular flexibility index (Phi) is 8.21. The van der Waals surface area contributed by atoms with Crippen molar-refractivity contribution in [3.05, 3.63) is 88.9 Å². The second kappa shape index (κ2) is 10.7. The molecule has 0 aliphatic carbocycles. The van der Waals surface area contributed by atoms with Crippen molar-refractivity contribution in [1.29, 1.82) is 5.26 Å². The SMILES string of the molecule is C.C=C/C(C)=C\C(=C/C)S(=O)(=O)Nc1nn(Cc2cccc(C#N)c2)c2cccc(OC)c12. The van der Waals surface area contributed by atoms with Gasteiger partial charge in [-0.05, 0) is 49.8 Å². The average molecular weight is 465 g/mol. The van der Waals surface area contributed by atoms with E-state index in [9.17, 15) is 13.7 Å². The van der Waals surface area contributed by atoms with Crippen molar-refractivity contribution >= 4 is 26.7 Å². The molecule has 0 radical (unpaired) electrons. The zero-order valence-corrected chi connectivity index (χ0v) is 19.0. The summed E-state index contributed by atoms with van der Waals surface area (Å²) in [7, 11) is -2.38. The highest BCUT2D eigenvalue weighted by Crippen LogP contribution is 2.33. The zero-order chi connectivity index (χ0) is 23.3. The van der Waals surface area contributed by atoms with Gasteiger partial charge in [-0.3, -0.25) is 9.40 Å². The number of hydrogen-bond acceptors (Lipinski definition) is 5. The molecule has 0 amide bonds. The summed E-state index contributed by atoms with van der Waals surface area (Å²) in [5.41, 5.74) is 2.82. The molecule has 172 valence electrons. The van der Waals surface area contributed by atoms with Gasteiger partial charge in [0.25, 0.3) is 10.0 Å². The molecule has 7 nitrogen and oxygen atoms in total. The molecule has 3 aromatic rings. The molecular formula is C25H28N4O3S. The Balaban J connectivity index is 0.00000385. The molecule has 1 heterocycles. The second-order valence-electron chi connectivity index (χ2n) is 7.06. The van der Waals surface area contributed by atoms with E-state index in [0.29, 0.717) is 34.3 Å². The Morgan fingerprint density at radius 2 is 2.03 bits per heavy atom. The molecule has 0 aliphatic heterocycles. The van der Waals surface area contributed by atoms with E-state index in [1.807, 2.05) is 18.2 Å². The van der Waals surface area contributed by atoms with Crippen LogP contribution in [0.15, 0.2) is 77.7 Å². The fourth-order valence-electron chi connectivity index (χ4n) is 3.26. The Bertz CT molecular complexity index is 1380. The largest absolute Gasteiger partial charge is 0.496 e. The lowest BCUT2D eigenvalue weighted by Crippen LogP contribution is -2.15. The monoisotopic (exact) mass is 464 g/mol. The molecule has 0 spiro atoms. The van der Waals surface area contributed by atoms with Gasteiger partial charge in [0.15, 0.2) is 5.82 Å². The van der Waals surface area contributed by atoms with Crippen LogP contribution in [0.1, 0.15) is 32.4 Å². The predicted molar refractivity (Wildman–Crippen MR) is 134 cm³/mol. The van der Waals surface area contributed by atoms with Gasteiger partial charge in [-0.25, -0.2) is 8.42 Å². The summed E-state index contributed by atoms with van der Waals surface area (Å²) >= 11 is 0. The zero-order valence-electron chi connectivity index (χ0n) is 18.2. The van der Waals surface area contributed by atoms with Crippen molar-refractivity contribution < 1.29 is 13.2 Å². The minimum absolute atomic E-state index is 0. The third-order valence-corrected chi connectivity index (χ3v) is 6.30. The highest BCUT2D eigenvalue weighted by molar-refractivity contribution is 7.96. The highest BCUT2D eigenvalue weighted by Gasteiger charge is 2.22. The van der Waals surface area contributed by atoms with Crippen LogP contribution in [0.25, 0.3) is 10.9 Å². The van der Waals surface area contributed by atoms with Gasteiger partial charge in [-0.15, -0.1) is 0 Å². The first kappa shape index (κ1) is 25.4. The number of allylic oxidation sites excluding steroid dienone is 4. The molecule has 33 heavy (non-hydrogen) atoms. The van der Waals surface area contributed by atoms with Crippen LogP contribution in [-0.2, 0) is 16.6 Å². The number of methoxy groups -OCH3 is 1. The summed E-state index contributed by atoms with van der Waals surface area (Å²) in [5.74, 6) is 0.662. The Morgan fingerprint density at radius 1 is 1.30 bits per heavy atom. The maximum absolute atomic E-state index is 13.1. The summed E-state index contributed by atoms with van der Waals surface area (Å²) in [4.78, 5) is 0.106. The summed E-state index contributed by atoms with van der Waals surface area (Å²) in [6.45, 7) is 7.45. The number of fused-ring (bicyclic) bond motifs is 1. The molecule has 0 fully saturated rings. The molecule has 0 atom stereocenters. The lowest BCUT2D eigenvalue weighted by Gasteiger charge is -2.08. The van der Waals surface area contributed by atoms with Gasteiger partial charge in [0.2, 0.25) is 0 Å². The third-order valence-electron chi connectivity index (χ3n) is 4.87. The van der Waals surface area contributed by atoms with Gasteiger partial charge in [0.1, 0.15) is 5.75 Å². The van der Waals surface area contributed by atoms with E-state index >= 15 is 0 Å². The van der Waals surface area contributed by atoms with Crippen LogP contribution in [0.5, 0.6) is 5.75 Å². The standard InChI is InChI=1S/C24H24N4O3S.CH4/c1-5-17(3)13-20(6-2)32(29,30)27-24-23-21(11-8-12-22(23)31-4)28(26-24)16-19-10-7-9-18(14-19)15-25;/h5-14H,1,16H2,2-4H3,(H,26,27);1H4/b17-13-,20-6+;. The number of rotatable bonds is 8. The van der Waals surface area contributed by atoms with Crippen molar-refractivity contribution in [1.82, 2.24) is 9.78 Å². The fourth-order valence-corrected chi connectivity index (χ4v) is 4.42. The first-order chi connectivity index (χ1) is 15.3. The van der Waals surface area contributed by atoms with Crippen molar-refractivity contribution in [2.24, 2.45) is 0 Å². The number of aromatic nitrogens is 2. The molecule has 0 unspecified atom stereocenters. The number of nitriles is 1. The molecule has 1 aromatic heterocycles. The van der Waals surface area contributed by atoms with Gasteiger partial charge in [-0.2, -0.15) is 10.4 Å². The number of nitrogens with one attached hydrogen (secondary N) is 1. The Labute approximate surface area is 195 Å². The van der Waals surface area contributed by atoms with E-state index in [0.717, 1.165) is 5.56 Å².